The number of ether oxygens (including phenoxy) is 1. The molecule has 0 saturated heterocycles. The molecule has 1 aromatic carbocycles. The van der Waals surface area contributed by atoms with Gasteiger partial charge in [-0.3, -0.25) is 0 Å². The number of likely N-dealkylation sites (N-methyl/N-ethyl adjacent to an activating group) is 1. The lowest BCUT2D eigenvalue weighted by Gasteiger charge is -2.18. The maximum absolute atomic E-state index is 5.83. The molecule has 132 valence electrons. The number of rotatable bonds is 6. The lowest BCUT2D eigenvalue weighted by Crippen LogP contribution is -2.25. The maximum Gasteiger partial charge on any atom is 0.186 e. The van der Waals surface area contributed by atoms with Gasteiger partial charge in [0.1, 0.15) is 18.2 Å². The van der Waals surface area contributed by atoms with Gasteiger partial charge in [-0.2, -0.15) is 15.9 Å². The van der Waals surface area contributed by atoms with Crippen LogP contribution in [0.15, 0.2) is 53.2 Å². The Labute approximate surface area is 155 Å². The molecule has 0 bridgehead atoms. The minimum atomic E-state index is 0.583. The number of benzene rings is 1. The first kappa shape index (κ1) is 16.5. The van der Waals surface area contributed by atoms with Gasteiger partial charge < -0.3 is 9.64 Å². The van der Waals surface area contributed by atoms with Crippen molar-refractivity contribution in [1.82, 2.24) is 19.8 Å². The van der Waals surface area contributed by atoms with E-state index in [-0.39, 0.29) is 0 Å². The van der Waals surface area contributed by atoms with Crippen LogP contribution in [-0.4, -0.2) is 40.0 Å². The van der Waals surface area contributed by atoms with Gasteiger partial charge in [-0.15, -0.1) is 15.3 Å². The van der Waals surface area contributed by atoms with E-state index in [2.05, 4.69) is 28.1 Å². The van der Waals surface area contributed by atoms with Gasteiger partial charge in [0, 0.05) is 18.0 Å². The quantitative estimate of drug-likeness (QED) is 0.522. The summed E-state index contributed by atoms with van der Waals surface area (Å²) in [6, 6.07) is 14.0. The van der Waals surface area contributed by atoms with Crippen molar-refractivity contribution in [2.24, 2.45) is 0 Å². The Kier molecular flexibility index (Phi) is 4.53. The molecule has 0 amide bonds. The highest BCUT2D eigenvalue weighted by atomic mass is 32.1. The van der Waals surface area contributed by atoms with Gasteiger partial charge in [0.25, 0.3) is 0 Å². The third-order valence-electron chi connectivity index (χ3n) is 4.10. The Morgan fingerprint density at radius 1 is 1.15 bits per heavy atom. The largest absolute Gasteiger partial charge is 0.492 e. The molecule has 4 aromatic rings. The zero-order chi connectivity index (χ0) is 17.9. The molecule has 0 spiro atoms. The average molecular weight is 365 g/mol. The summed E-state index contributed by atoms with van der Waals surface area (Å²) < 4.78 is 7.62. The van der Waals surface area contributed by atoms with Crippen molar-refractivity contribution in [2.45, 2.75) is 6.92 Å². The van der Waals surface area contributed by atoms with Crippen molar-refractivity contribution in [3.63, 3.8) is 0 Å². The monoisotopic (exact) mass is 365 g/mol. The van der Waals surface area contributed by atoms with Gasteiger partial charge >= 0.3 is 0 Å². The lowest BCUT2D eigenvalue weighted by molar-refractivity contribution is 0.325. The molecule has 0 aliphatic heterocycles. The Morgan fingerprint density at radius 2 is 2.08 bits per heavy atom. The number of aryl methyl sites for hydroxylation is 1. The molecule has 3 aromatic heterocycles. The first-order valence-electron chi connectivity index (χ1n) is 8.36. The Morgan fingerprint density at radius 3 is 2.88 bits per heavy atom. The van der Waals surface area contributed by atoms with Crippen LogP contribution in [0.3, 0.4) is 0 Å². The predicted octanol–water partition coefficient (Wildman–Crippen LogP) is 3.68. The number of anilines is 1. The molecule has 0 unspecified atom stereocenters. The summed E-state index contributed by atoms with van der Waals surface area (Å²) in [5.41, 5.74) is 2.95. The number of thiophene rings is 1. The molecule has 3 heterocycles. The van der Waals surface area contributed by atoms with E-state index in [1.54, 1.807) is 15.9 Å². The molecule has 4 rings (SSSR count). The summed E-state index contributed by atoms with van der Waals surface area (Å²) in [4.78, 5) is 2.06. The Bertz CT molecular complexity index is 1010. The van der Waals surface area contributed by atoms with Crippen molar-refractivity contribution in [3.05, 3.63) is 58.8 Å². The third kappa shape index (κ3) is 3.39. The second kappa shape index (κ2) is 7.13. The van der Waals surface area contributed by atoms with Crippen molar-refractivity contribution < 1.29 is 4.74 Å². The van der Waals surface area contributed by atoms with Crippen LogP contribution >= 0.6 is 11.3 Å². The van der Waals surface area contributed by atoms with Crippen LogP contribution in [0.1, 0.15) is 5.56 Å². The predicted molar refractivity (Wildman–Crippen MR) is 104 cm³/mol. The van der Waals surface area contributed by atoms with Crippen LogP contribution < -0.4 is 9.64 Å². The van der Waals surface area contributed by atoms with Gasteiger partial charge in [-0.1, -0.05) is 12.1 Å². The number of hydrogen-bond donors (Lipinski definition) is 0. The van der Waals surface area contributed by atoms with Gasteiger partial charge in [-0.05, 0) is 48.2 Å². The minimum Gasteiger partial charge on any atom is -0.492 e. The van der Waals surface area contributed by atoms with E-state index in [1.165, 1.54) is 5.56 Å². The van der Waals surface area contributed by atoms with E-state index in [1.807, 2.05) is 54.2 Å². The summed E-state index contributed by atoms with van der Waals surface area (Å²) >= 11 is 1.63. The summed E-state index contributed by atoms with van der Waals surface area (Å²) in [6.45, 7) is 3.37. The van der Waals surface area contributed by atoms with Gasteiger partial charge in [0.05, 0.1) is 6.54 Å². The van der Waals surface area contributed by atoms with Crippen molar-refractivity contribution in [1.29, 1.82) is 0 Å². The normalized spacial score (nSPS) is 11.0. The third-order valence-corrected chi connectivity index (χ3v) is 4.79. The van der Waals surface area contributed by atoms with Gasteiger partial charge in [0.15, 0.2) is 11.5 Å². The van der Waals surface area contributed by atoms with Crippen LogP contribution in [0.2, 0.25) is 0 Å². The van der Waals surface area contributed by atoms with E-state index < -0.39 is 0 Å². The molecule has 0 N–H and O–H groups in total. The van der Waals surface area contributed by atoms with Crippen LogP contribution in [0.25, 0.3) is 17.0 Å². The number of aromatic nitrogens is 4. The standard InChI is InChI=1S/C19H19N5OS/c1-14-4-3-5-16(12-14)25-10-9-23(2)18-7-6-17-20-21-19(24(17)22-18)15-8-11-26-13-15/h3-8,11-13H,9-10H2,1-2H3. The van der Waals surface area contributed by atoms with Crippen LogP contribution in [-0.2, 0) is 0 Å². The lowest BCUT2D eigenvalue weighted by atomic mass is 10.2. The average Bonchev–Trinajstić information content (AvgIpc) is 3.30. The number of nitrogens with zero attached hydrogens (tertiary/aromatic N) is 5. The molecule has 0 radical (unpaired) electrons. The Hall–Kier alpha value is -2.93. The molecule has 0 aliphatic carbocycles. The molecular weight excluding hydrogens is 346 g/mol. The minimum absolute atomic E-state index is 0.583. The molecular formula is C19H19N5OS. The fourth-order valence-corrected chi connectivity index (χ4v) is 3.31. The highest BCUT2D eigenvalue weighted by Gasteiger charge is 2.12. The van der Waals surface area contributed by atoms with Crippen LogP contribution in [0, 0.1) is 6.92 Å². The highest BCUT2D eigenvalue weighted by molar-refractivity contribution is 7.08. The highest BCUT2D eigenvalue weighted by Crippen LogP contribution is 2.21. The van der Waals surface area contributed by atoms with Gasteiger partial charge in [-0.25, -0.2) is 0 Å². The second-order valence-electron chi connectivity index (χ2n) is 6.08. The molecule has 7 heteroatoms. The molecule has 0 saturated carbocycles. The zero-order valence-corrected chi connectivity index (χ0v) is 15.5. The SMILES string of the molecule is Cc1cccc(OCCN(C)c2ccc3nnc(-c4ccsc4)n3n2)c1. The molecule has 0 aliphatic rings. The van der Waals surface area contributed by atoms with E-state index in [0.717, 1.165) is 35.1 Å². The first-order chi connectivity index (χ1) is 12.7. The number of fused-ring (bicyclic) bond motifs is 1. The molecule has 0 atom stereocenters. The fraction of sp³-hybridized carbons (Fsp3) is 0.211. The second-order valence-corrected chi connectivity index (χ2v) is 6.86. The zero-order valence-electron chi connectivity index (χ0n) is 14.7. The number of hydrogen-bond acceptors (Lipinski definition) is 6. The van der Waals surface area contributed by atoms with E-state index in [0.29, 0.717) is 6.61 Å². The maximum atomic E-state index is 5.83. The van der Waals surface area contributed by atoms with Crippen molar-refractivity contribution in [2.75, 3.05) is 25.1 Å². The first-order valence-corrected chi connectivity index (χ1v) is 9.30. The molecule has 26 heavy (non-hydrogen) atoms. The molecule has 0 fully saturated rings. The molecule has 6 nitrogen and oxygen atoms in total. The fourth-order valence-electron chi connectivity index (χ4n) is 2.67. The summed E-state index contributed by atoms with van der Waals surface area (Å²) in [6.07, 6.45) is 0. The van der Waals surface area contributed by atoms with E-state index in [4.69, 9.17) is 9.84 Å². The van der Waals surface area contributed by atoms with Gasteiger partial charge in [0.2, 0.25) is 0 Å². The summed E-state index contributed by atoms with van der Waals surface area (Å²) in [7, 11) is 2.00. The van der Waals surface area contributed by atoms with Crippen LogP contribution in [0.4, 0.5) is 5.82 Å². The summed E-state index contributed by atoms with van der Waals surface area (Å²) in [5.74, 6) is 2.49. The van der Waals surface area contributed by atoms with E-state index >= 15 is 0 Å². The van der Waals surface area contributed by atoms with E-state index in [9.17, 15) is 0 Å². The van der Waals surface area contributed by atoms with Crippen molar-refractivity contribution >= 4 is 22.8 Å². The van der Waals surface area contributed by atoms with Crippen molar-refractivity contribution in [3.8, 4) is 17.1 Å². The smallest absolute Gasteiger partial charge is 0.186 e. The summed E-state index contributed by atoms with van der Waals surface area (Å²) in [5, 5.41) is 17.2. The topological polar surface area (TPSA) is 55.5 Å². The van der Waals surface area contributed by atoms with Crippen LogP contribution in [0.5, 0.6) is 5.75 Å². The Balaban J connectivity index is 1.48.